The molecule has 148 valence electrons. The number of para-hydroxylation sites is 1. The van der Waals surface area contributed by atoms with Crippen LogP contribution in [-0.2, 0) is 9.53 Å². The first-order valence-electron chi connectivity index (χ1n) is 9.75. The van der Waals surface area contributed by atoms with E-state index in [2.05, 4.69) is 10.4 Å². The van der Waals surface area contributed by atoms with Crippen molar-refractivity contribution in [2.24, 2.45) is 0 Å². The number of nitrogens with one attached hydrogen (secondary N) is 1. The number of anilines is 1. The van der Waals surface area contributed by atoms with E-state index in [9.17, 15) is 9.59 Å². The molecule has 0 spiro atoms. The van der Waals surface area contributed by atoms with Crippen LogP contribution in [0, 0.1) is 6.92 Å². The van der Waals surface area contributed by atoms with Gasteiger partial charge in [0.05, 0.1) is 11.4 Å². The van der Waals surface area contributed by atoms with E-state index in [-0.39, 0.29) is 5.91 Å². The van der Waals surface area contributed by atoms with Crippen LogP contribution in [0.3, 0.4) is 0 Å². The van der Waals surface area contributed by atoms with Crippen molar-refractivity contribution in [1.82, 2.24) is 9.78 Å². The summed E-state index contributed by atoms with van der Waals surface area (Å²) in [5, 5.41) is 7.37. The Kier molecular flexibility index (Phi) is 5.16. The molecule has 4 rings (SSSR count). The third-order valence-corrected chi connectivity index (χ3v) is 4.91. The average Bonchev–Trinajstić information content (AvgIpc) is 3.48. The molecule has 6 heteroatoms. The van der Waals surface area contributed by atoms with E-state index in [1.807, 2.05) is 61.5 Å². The van der Waals surface area contributed by atoms with Crippen molar-refractivity contribution in [2.45, 2.75) is 38.7 Å². The lowest BCUT2D eigenvalue weighted by molar-refractivity contribution is -0.123. The fourth-order valence-corrected chi connectivity index (χ4v) is 3.04. The van der Waals surface area contributed by atoms with Crippen molar-refractivity contribution in [1.29, 1.82) is 0 Å². The Morgan fingerprint density at radius 2 is 1.79 bits per heavy atom. The van der Waals surface area contributed by atoms with Gasteiger partial charge in [0.2, 0.25) is 0 Å². The number of hydrogen-bond donors (Lipinski definition) is 1. The number of ether oxygens (including phenoxy) is 1. The zero-order valence-electron chi connectivity index (χ0n) is 16.5. The van der Waals surface area contributed by atoms with Crippen LogP contribution in [0.1, 0.15) is 47.4 Å². The van der Waals surface area contributed by atoms with E-state index in [0.29, 0.717) is 17.3 Å². The summed E-state index contributed by atoms with van der Waals surface area (Å²) in [5.41, 5.74) is 3.76. The molecule has 0 bridgehead atoms. The van der Waals surface area contributed by atoms with Crippen molar-refractivity contribution in [3.63, 3.8) is 0 Å². The average molecular weight is 389 g/mol. The smallest absolute Gasteiger partial charge is 0.357 e. The summed E-state index contributed by atoms with van der Waals surface area (Å²) in [5.74, 6) is -0.552. The van der Waals surface area contributed by atoms with Gasteiger partial charge in [0.1, 0.15) is 0 Å². The van der Waals surface area contributed by atoms with Gasteiger partial charge in [-0.05, 0) is 57.0 Å². The van der Waals surface area contributed by atoms with E-state index in [1.54, 1.807) is 17.7 Å². The van der Waals surface area contributed by atoms with E-state index >= 15 is 0 Å². The number of amides is 1. The Morgan fingerprint density at radius 1 is 1.10 bits per heavy atom. The van der Waals surface area contributed by atoms with Crippen molar-refractivity contribution in [3.8, 4) is 5.69 Å². The molecular formula is C23H23N3O3. The first kappa shape index (κ1) is 18.9. The van der Waals surface area contributed by atoms with Crippen LogP contribution >= 0.6 is 0 Å². The monoisotopic (exact) mass is 389 g/mol. The molecule has 3 aromatic rings. The van der Waals surface area contributed by atoms with Crippen molar-refractivity contribution < 1.29 is 14.3 Å². The highest BCUT2D eigenvalue weighted by Crippen LogP contribution is 2.39. The second-order valence-corrected chi connectivity index (χ2v) is 7.38. The third-order valence-electron chi connectivity index (χ3n) is 4.91. The Bertz CT molecular complexity index is 1020. The molecule has 1 aliphatic carbocycles. The lowest BCUT2D eigenvalue weighted by Gasteiger charge is -2.14. The molecule has 0 saturated heterocycles. The molecule has 1 amide bonds. The minimum absolute atomic E-state index is 0.327. The standard InChI is InChI=1S/C23H23N3O3/c1-15-8-12-18(13-9-15)24-22(27)16(2)29-23(28)21-14-20(17-10-11-17)25-26(21)19-6-4-3-5-7-19/h3-9,12-14,16-17H,10-11H2,1-2H3,(H,24,27)/t16-/m0/s1. The number of carbonyl (C=O) groups is 2. The van der Waals surface area contributed by atoms with E-state index < -0.39 is 12.1 Å². The number of benzene rings is 2. The van der Waals surface area contributed by atoms with Gasteiger partial charge in [-0.25, -0.2) is 9.48 Å². The number of aromatic nitrogens is 2. The summed E-state index contributed by atoms with van der Waals surface area (Å²) < 4.78 is 7.06. The molecule has 1 heterocycles. The van der Waals surface area contributed by atoms with E-state index in [4.69, 9.17) is 4.74 Å². The maximum atomic E-state index is 12.8. The van der Waals surface area contributed by atoms with Crippen LogP contribution in [0.15, 0.2) is 60.7 Å². The topological polar surface area (TPSA) is 73.2 Å². The SMILES string of the molecule is Cc1ccc(NC(=O)[C@H](C)OC(=O)c2cc(C3CC3)nn2-c2ccccc2)cc1. The van der Waals surface area contributed by atoms with Gasteiger partial charge >= 0.3 is 5.97 Å². The minimum Gasteiger partial charge on any atom is -0.448 e. The Hall–Kier alpha value is -3.41. The second-order valence-electron chi connectivity index (χ2n) is 7.38. The van der Waals surface area contributed by atoms with Crippen LogP contribution in [0.4, 0.5) is 5.69 Å². The highest BCUT2D eigenvalue weighted by molar-refractivity contribution is 5.97. The molecule has 0 unspecified atom stereocenters. The summed E-state index contributed by atoms with van der Waals surface area (Å²) >= 11 is 0. The van der Waals surface area contributed by atoms with Gasteiger partial charge in [0, 0.05) is 11.6 Å². The van der Waals surface area contributed by atoms with E-state index in [1.165, 1.54) is 0 Å². The molecule has 1 aromatic heterocycles. The van der Waals surface area contributed by atoms with Crippen LogP contribution < -0.4 is 5.32 Å². The molecule has 29 heavy (non-hydrogen) atoms. The van der Waals surface area contributed by atoms with Gasteiger partial charge < -0.3 is 10.1 Å². The zero-order valence-corrected chi connectivity index (χ0v) is 16.5. The van der Waals surface area contributed by atoms with E-state index in [0.717, 1.165) is 29.8 Å². The number of rotatable bonds is 6. The van der Waals surface area contributed by atoms with Crippen molar-refractivity contribution in [3.05, 3.63) is 77.6 Å². The maximum absolute atomic E-state index is 12.8. The Balaban J connectivity index is 1.50. The molecule has 1 aliphatic rings. The molecule has 2 aromatic carbocycles. The van der Waals surface area contributed by atoms with Crippen molar-refractivity contribution >= 4 is 17.6 Å². The van der Waals surface area contributed by atoms with Gasteiger partial charge in [0.25, 0.3) is 5.91 Å². The molecule has 1 atom stereocenters. The summed E-state index contributed by atoms with van der Waals surface area (Å²) in [6.45, 7) is 3.54. The number of carbonyl (C=O) groups excluding carboxylic acids is 2. The molecule has 0 radical (unpaired) electrons. The lowest BCUT2D eigenvalue weighted by atomic mass is 10.2. The largest absolute Gasteiger partial charge is 0.448 e. The minimum atomic E-state index is -0.938. The summed E-state index contributed by atoms with van der Waals surface area (Å²) in [6.07, 6.45) is 1.22. The molecule has 1 N–H and O–H groups in total. The normalized spacial score (nSPS) is 14.3. The summed E-state index contributed by atoms with van der Waals surface area (Å²) in [6, 6.07) is 18.7. The van der Waals surface area contributed by atoms with Gasteiger partial charge in [0.15, 0.2) is 11.8 Å². The fourth-order valence-electron chi connectivity index (χ4n) is 3.04. The Labute approximate surface area is 169 Å². The number of hydrogen-bond acceptors (Lipinski definition) is 4. The molecule has 1 fully saturated rings. The predicted octanol–water partition coefficient (Wildman–Crippen LogP) is 4.24. The van der Waals surface area contributed by atoms with Gasteiger partial charge in [-0.2, -0.15) is 5.10 Å². The van der Waals surface area contributed by atoms with Crippen molar-refractivity contribution in [2.75, 3.05) is 5.32 Å². The highest BCUT2D eigenvalue weighted by atomic mass is 16.5. The first-order chi connectivity index (χ1) is 14.0. The van der Waals surface area contributed by atoms with Crippen LogP contribution in [0.2, 0.25) is 0 Å². The zero-order chi connectivity index (χ0) is 20.4. The van der Waals surface area contributed by atoms with Crippen LogP contribution in [0.25, 0.3) is 5.69 Å². The highest BCUT2D eigenvalue weighted by Gasteiger charge is 2.30. The van der Waals surface area contributed by atoms with Gasteiger partial charge in [-0.15, -0.1) is 0 Å². The number of esters is 1. The second kappa shape index (κ2) is 7.91. The van der Waals surface area contributed by atoms with Crippen LogP contribution in [0.5, 0.6) is 0 Å². The molecule has 6 nitrogen and oxygen atoms in total. The lowest BCUT2D eigenvalue weighted by Crippen LogP contribution is -2.30. The van der Waals surface area contributed by atoms with Gasteiger partial charge in [-0.3, -0.25) is 4.79 Å². The number of aryl methyl sites for hydroxylation is 1. The van der Waals surface area contributed by atoms with Gasteiger partial charge in [-0.1, -0.05) is 35.9 Å². The quantitative estimate of drug-likeness (QED) is 0.640. The first-order valence-corrected chi connectivity index (χ1v) is 9.75. The molecule has 0 aliphatic heterocycles. The van der Waals surface area contributed by atoms with Crippen LogP contribution in [-0.4, -0.2) is 27.8 Å². The third kappa shape index (κ3) is 4.37. The Morgan fingerprint density at radius 3 is 2.45 bits per heavy atom. The molecular weight excluding hydrogens is 366 g/mol. The summed E-state index contributed by atoms with van der Waals surface area (Å²) in [7, 11) is 0. The fraction of sp³-hybridized carbons (Fsp3) is 0.261. The predicted molar refractivity (Wildman–Crippen MR) is 110 cm³/mol. The maximum Gasteiger partial charge on any atom is 0.357 e. The number of nitrogens with zero attached hydrogens (tertiary/aromatic N) is 2. The molecule has 1 saturated carbocycles. The summed E-state index contributed by atoms with van der Waals surface area (Å²) in [4.78, 5) is 25.3.